The highest BCUT2D eigenvalue weighted by Crippen LogP contribution is 2.38. The van der Waals surface area contributed by atoms with Crippen LogP contribution in [0.4, 0.5) is 18.2 Å². The van der Waals surface area contributed by atoms with Crippen molar-refractivity contribution in [2.45, 2.75) is 13.8 Å². The Bertz CT molecular complexity index is 1160. The lowest BCUT2D eigenvalue weighted by Gasteiger charge is -2.09. The first-order valence-corrected chi connectivity index (χ1v) is 9.10. The molecule has 3 aromatic rings. The number of aromatic carboxylic acids is 1. The number of rotatable bonds is 4. The maximum atomic E-state index is 14.3. The van der Waals surface area contributed by atoms with Crippen molar-refractivity contribution in [2.75, 3.05) is 5.32 Å². The Morgan fingerprint density at radius 2 is 1.55 bits per heavy atom. The average molecular weight is 421 g/mol. The summed E-state index contributed by atoms with van der Waals surface area (Å²) in [5, 5.41) is 22.8. The molecular weight excluding hydrogens is 407 g/mol. The fourth-order valence-electron chi connectivity index (χ4n) is 2.73. The number of carboxylic acids is 1. The third-order valence-electron chi connectivity index (χ3n) is 4.35. The van der Waals surface area contributed by atoms with Gasteiger partial charge in [0.2, 0.25) is 0 Å². The van der Waals surface area contributed by atoms with E-state index in [1.807, 2.05) is 0 Å². The highest BCUT2D eigenvalue weighted by atomic mass is 32.1. The summed E-state index contributed by atoms with van der Waals surface area (Å²) in [5.41, 5.74) is -1.05. The molecule has 1 heterocycles. The molecule has 0 atom stereocenters. The van der Waals surface area contributed by atoms with Crippen molar-refractivity contribution >= 4 is 28.2 Å². The molecule has 150 valence electrons. The molecule has 0 aliphatic rings. The molecule has 29 heavy (non-hydrogen) atoms. The van der Waals surface area contributed by atoms with E-state index in [1.54, 1.807) is 0 Å². The zero-order valence-corrected chi connectivity index (χ0v) is 16.0. The lowest BCUT2D eigenvalue weighted by Crippen LogP contribution is -2.14. The van der Waals surface area contributed by atoms with Gasteiger partial charge in [-0.3, -0.25) is 4.79 Å². The van der Waals surface area contributed by atoms with Gasteiger partial charge in [0.25, 0.3) is 5.91 Å². The van der Waals surface area contributed by atoms with Gasteiger partial charge in [-0.25, -0.2) is 18.0 Å². The van der Waals surface area contributed by atoms with Gasteiger partial charge >= 0.3 is 5.97 Å². The van der Waals surface area contributed by atoms with Gasteiger partial charge < -0.3 is 15.5 Å². The predicted octanol–water partition coefficient (Wildman–Crippen LogP) is 5.11. The molecule has 0 aliphatic heterocycles. The Morgan fingerprint density at radius 1 is 0.931 bits per heavy atom. The first-order valence-electron chi connectivity index (χ1n) is 8.22. The Balaban J connectivity index is 2.05. The molecule has 0 saturated heterocycles. The number of thiophene rings is 1. The standard InChI is InChI=1S/C20H14F3NO4S/c1-8-3-5-10(16(23)14(8)21)12-7-29-19(13(12)20(27)28)24-18(26)11-6-4-9(2)15(22)17(11)25/h3-7,25H,1-2H3,(H,24,26)(H,27,28). The Kier molecular flexibility index (Phi) is 5.34. The van der Waals surface area contributed by atoms with E-state index in [0.717, 1.165) is 11.3 Å². The van der Waals surface area contributed by atoms with Gasteiger partial charge in [-0.15, -0.1) is 11.3 Å². The molecule has 5 nitrogen and oxygen atoms in total. The molecule has 0 radical (unpaired) electrons. The molecule has 0 fully saturated rings. The second kappa shape index (κ2) is 7.59. The van der Waals surface area contributed by atoms with Crippen LogP contribution < -0.4 is 5.32 Å². The molecule has 0 bridgehead atoms. The number of nitrogens with one attached hydrogen (secondary N) is 1. The molecular formula is C20H14F3NO4S. The summed E-state index contributed by atoms with van der Waals surface area (Å²) >= 11 is 0.777. The normalized spacial score (nSPS) is 10.8. The lowest BCUT2D eigenvalue weighted by molar-refractivity contribution is 0.0699. The number of carbonyl (C=O) groups is 2. The fraction of sp³-hybridized carbons (Fsp3) is 0.100. The van der Waals surface area contributed by atoms with E-state index in [9.17, 15) is 33.0 Å². The average Bonchev–Trinajstić information content (AvgIpc) is 3.07. The molecule has 0 unspecified atom stereocenters. The van der Waals surface area contributed by atoms with Crippen molar-refractivity contribution < 1.29 is 33.0 Å². The minimum Gasteiger partial charge on any atom is -0.504 e. The molecule has 0 spiro atoms. The number of hydrogen-bond donors (Lipinski definition) is 3. The van der Waals surface area contributed by atoms with Gasteiger partial charge in [0, 0.05) is 16.5 Å². The number of benzene rings is 2. The molecule has 0 aliphatic carbocycles. The number of aryl methyl sites for hydroxylation is 2. The van der Waals surface area contributed by atoms with E-state index in [4.69, 9.17) is 0 Å². The van der Waals surface area contributed by atoms with Crippen molar-refractivity contribution in [2.24, 2.45) is 0 Å². The van der Waals surface area contributed by atoms with Crippen LogP contribution in [0.15, 0.2) is 29.6 Å². The summed E-state index contributed by atoms with van der Waals surface area (Å²) in [7, 11) is 0. The minimum absolute atomic E-state index is 0.0590. The van der Waals surface area contributed by atoms with Crippen LogP contribution in [0.1, 0.15) is 31.8 Å². The number of phenols is 1. The molecule has 1 aromatic heterocycles. The number of halogens is 3. The smallest absolute Gasteiger partial charge is 0.339 e. The molecule has 3 N–H and O–H groups in total. The summed E-state index contributed by atoms with van der Waals surface area (Å²) in [5.74, 6) is -6.58. The van der Waals surface area contributed by atoms with Crippen LogP contribution in [0.2, 0.25) is 0 Å². The summed E-state index contributed by atoms with van der Waals surface area (Å²) in [6.07, 6.45) is 0. The number of phenolic OH excluding ortho intramolecular Hbond substituents is 1. The number of carbonyl (C=O) groups excluding carboxylic acids is 1. The highest BCUT2D eigenvalue weighted by molar-refractivity contribution is 7.15. The first kappa shape index (κ1) is 20.4. The van der Waals surface area contributed by atoms with Crippen molar-refractivity contribution in [3.05, 3.63) is 69.4 Å². The van der Waals surface area contributed by atoms with E-state index in [0.29, 0.717) is 0 Å². The van der Waals surface area contributed by atoms with E-state index in [-0.39, 0.29) is 27.3 Å². The zero-order chi connectivity index (χ0) is 21.5. The minimum atomic E-state index is -1.48. The van der Waals surface area contributed by atoms with Gasteiger partial charge in [0.05, 0.1) is 5.56 Å². The zero-order valence-electron chi connectivity index (χ0n) is 15.1. The number of aromatic hydroxyl groups is 1. The molecule has 1 amide bonds. The third kappa shape index (κ3) is 3.56. The van der Waals surface area contributed by atoms with Gasteiger partial charge in [-0.2, -0.15) is 0 Å². The fourth-order valence-corrected chi connectivity index (χ4v) is 3.68. The summed E-state index contributed by atoms with van der Waals surface area (Å²) in [6, 6.07) is 5.02. The first-order chi connectivity index (χ1) is 13.6. The third-order valence-corrected chi connectivity index (χ3v) is 5.25. The number of amides is 1. The van der Waals surface area contributed by atoms with Crippen molar-refractivity contribution in [3.63, 3.8) is 0 Å². The van der Waals surface area contributed by atoms with Crippen LogP contribution in [0, 0.1) is 31.3 Å². The van der Waals surface area contributed by atoms with Crippen molar-refractivity contribution in [3.8, 4) is 16.9 Å². The SMILES string of the molecule is Cc1ccc(C(=O)Nc2scc(-c3ccc(C)c(F)c3F)c2C(=O)O)c(O)c1F. The highest BCUT2D eigenvalue weighted by Gasteiger charge is 2.25. The maximum Gasteiger partial charge on any atom is 0.339 e. The van der Waals surface area contributed by atoms with E-state index in [1.165, 1.54) is 43.5 Å². The van der Waals surface area contributed by atoms with Crippen LogP contribution >= 0.6 is 11.3 Å². The summed E-state index contributed by atoms with van der Waals surface area (Å²) in [6.45, 7) is 2.77. The lowest BCUT2D eigenvalue weighted by atomic mass is 10.0. The molecule has 9 heteroatoms. The van der Waals surface area contributed by atoms with Crippen LogP contribution in [-0.2, 0) is 0 Å². The quantitative estimate of drug-likeness (QED) is 0.547. The van der Waals surface area contributed by atoms with E-state index < -0.39 is 46.2 Å². The van der Waals surface area contributed by atoms with Crippen LogP contribution in [0.25, 0.3) is 11.1 Å². The van der Waals surface area contributed by atoms with Crippen molar-refractivity contribution in [1.82, 2.24) is 0 Å². The predicted molar refractivity (Wildman–Crippen MR) is 102 cm³/mol. The Labute approximate surface area is 167 Å². The van der Waals surface area contributed by atoms with Crippen molar-refractivity contribution in [1.29, 1.82) is 0 Å². The van der Waals surface area contributed by atoms with E-state index in [2.05, 4.69) is 5.32 Å². The topological polar surface area (TPSA) is 86.6 Å². The Morgan fingerprint density at radius 3 is 2.21 bits per heavy atom. The maximum absolute atomic E-state index is 14.3. The number of hydrogen-bond acceptors (Lipinski definition) is 4. The molecule has 3 rings (SSSR count). The monoisotopic (exact) mass is 421 g/mol. The summed E-state index contributed by atoms with van der Waals surface area (Å²) < 4.78 is 42.1. The second-order valence-corrected chi connectivity index (χ2v) is 7.14. The van der Waals surface area contributed by atoms with Gasteiger partial charge in [0.1, 0.15) is 10.6 Å². The van der Waals surface area contributed by atoms with Gasteiger partial charge in [0.15, 0.2) is 23.2 Å². The summed E-state index contributed by atoms with van der Waals surface area (Å²) in [4.78, 5) is 24.2. The van der Waals surface area contributed by atoms with Gasteiger partial charge in [-0.1, -0.05) is 18.2 Å². The number of anilines is 1. The van der Waals surface area contributed by atoms with Crippen LogP contribution in [-0.4, -0.2) is 22.1 Å². The second-order valence-electron chi connectivity index (χ2n) is 6.26. The molecule has 0 saturated carbocycles. The number of carboxylic acid groups (broad SMARTS) is 1. The largest absolute Gasteiger partial charge is 0.504 e. The van der Waals surface area contributed by atoms with Crippen LogP contribution in [0.3, 0.4) is 0 Å². The Hall–Kier alpha value is -3.33. The van der Waals surface area contributed by atoms with Crippen LogP contribution in [0.5, 0.6) is 5.75 Å². The van der Waals surface area contributed by atoms with E-state index >= 15 is 0 Å². The van der Waals surface area contributed by atoms with Gasteiger partial charge in [-0.05, 0) is 31.0 Å². The molecule has 2 aromatic carbocycles.